The number of hydrogen-bond donors (Lipinski definition) is 2. The number of hydrogen-bond acceptors (Lipinski definition) is 7. The minimum Gasteiger partial charge on any atom is -0.366 e. The molecule has 0 aliphatic rings. The number of aryl methyl sites for hydroxylation is 2. The fourth-order valence-corrected chi connectivity index (χ4v) is 5.11. The molecular formula is C16H16N4O2S3. The molecule has 0 aromatic carbocycles. The average molecular weight is 393 g/mol. The Morgan fingerprint density at radius 3 is 2.80 bits per heavy atom. The summed E-state index contributed by atoms with van der Waals surface area (Å²) < 4.78 is 0. The van der Waals surface area contributed by atoms with E-state index in [9.17, 15) is 9.59 Å². The maximum atomic E-state index is 12.5. The number of amides is 2. The molecule has 0 aliphatic heterocycles. The number of nitrogens with one attached hydrogen (secondary N) is 1. The van der Waals surface area contributed by atoms with Gasteiger partial charge in [0.05, 0.1) is 10.8 Å². The fraction of sp³-hybridized carbons (Fsp3) is 0.250. The van der Waals surface area contributed by atoms with E-state index >= 15 is 0 Å². The molecule has 0 bridgehead atoms. The Morgan fingerprint density at radius 1 is 1.32 bits per heavy atom. The largest absolute Gasteiger partial charge is 0.366 e. The molecular weight excluding hydrogens is 376 g/mol. The Labute approximate surface area is 156 Å². The van der Waals surface area contributed by atoms with Gasteiger partial charge in [-0.3, -0.25) is 9.59 Å². The Balaban J connectivity index is 1.80. The van der Waals surface area contributed by atoms with Crippen LogP contribution >= 0.6 is 34.4 Å². The second kappa shape index (κ2) is 7.11. The van der Waals surface area contributed by atoms with Gasteiger partial charge in [0.15, 0.2) is 0 Å². The number of thiophene rings is 2. The summed E-state index contributed by atoms with van der Waals surface area (Å²) in [7, 11) is 0. The second-order valence-corrected chi connectivity index (χ2v) is 8.87. The molecule has 3 rings (SSSR count). The molecule has 25 heavy (non-hydrogen) atoms. The highest BCUT2D eigenvalue weighted by Gasteiger charge is 2.21. The smallest absolute Gasteiger partial charge is 0.251 e. The minimum absolute atomic E-state index is 0.202. The third-order valence-corrected chi connectivity index (χ3v) is 6.80. The van der Waals surface area contributed by atoms with E-state index in [1.54, 1.807) is 29.7 Å². The molecule has 2 amide bonds. The van der Waals surface area contributed by atoms with Crippen LogP contribution in [0.3, 0.4) is 0 Å². The quantitative estimate of drug-likeness (QED) is 0.511. The van der Waals surface area contributed by atoms with E-state index in [0.717, 1.165) is 20.8 Å². The lowest BCUT2D eigenvalue weighted by atomic mass is 10.2. The first-order valence-electron chi connectivity index (χ1n) is 7.44. The normalized spacial score (nSPS) is 12.3. The molecule has 130 valence electrons. The number of fused-ring (bicyclic) bond motifs is 1. The topological polar surface area (TPSA) is 98.0 Å². The van der Waals surface area contributed by atoms with Crippen molar-refractivity contribution in [1.29, 1.82) is 0 Å². The van der Waals surface area contributed by atoms with Crippen molar-refractivity contribution < 1.29 is 9.59 Å². The van der Waals surface area contributed by atoms with Crippen molar-refractivity contribution in [2.75, 3.05) is 5.32 Å². The predicted molar refractivity (Wildman–Crippen MR) is 104 cm³/mol. The van der Waals surface area contributed by atoms with Gasteiger partial charge in [0.1, 0.15) is 21.2 Å². The lowest BCUT2D eigenvalue weighted by Gasteiger charge is -2.12. The summed E-state index contributed by atoms with van der Waals surface area (Å²) in [4.78, 5) is 34.6. The molecule has 0 fully saturated rings. The second-order valence-electron chi connectivity index (χ2n) is 5.42. The zero-order valence-electron chi connectivity index (χ0n) is 13.8. The standard InChI is InChI=1S/C16H16N4O2S3/c1-7-8(2)24-15-11(7)16(19-6-18-15)25-9(3)13(22)20-14-10(12(17)21)4-5-23-14/h4-6,9H,1-3H3,(H2,17,21)(H,20,22). The number of rotatable bonds is 5. The van der Waals surface area contributed by atoms with Crippen LogP contribution < -0.4 is 11.1 Å². The molecule has 0 saturated heterocycles. The maximum Gasteiger partial charge on any atom is 0.251 e. The predicted octanol–water partition coefficient (Wildman–Crippen LogP) is 3.59. The Kier molecular flexibility index (Phi) is 5.07. The first kappa shape index (κ1) is 17.8. The summed E-state index contributed by atoms with van der Waals surface area (Å²) >= 11 is 4.27. The third kappa shape index (κ3) is 3.53. The van der Waals surface area contributed by atoms with Gasteiger partial charge in [-0.1, -0.05) is 11.8 Å². The molecule has 3 aromatic heterocycles. The lowest BCUT2D eigenvalue weighted by molar-refractivity contribution is -0.115. The van der Waals surface area contributed by atoms with Crippen LogP contribution in [-0.4, -0.2) is 27.0 Å². The third-order valence-electron chi connectivity index (χ3n) is 3.76. The number of primary amides is 1. The number of nitrogens with two attached hydrogens (primary N) is 1. The van der Waals surface area contributed by atoms with Gasteiger partial charge in [-0.05, 0) is 37.8 Å². The van der Waals surface area contributed by atoms with E-state index in [-0.39, 0.29) is 11.2 Å². The van der Waals surface area contributed by atoms with Crippen molar-refractivity contribution in [2.45, 2.75) is 31.0 Å². The van der Waals surface area contributed by atoms with Crippen LogP contribution in [0, 0.1) is 13.8 Å². The monoisotopic (exact) mass is 392 g/mol. The van der Waals surface area contributed by atoms with Crippen LogP contribution in [0.5, 0.6) is 0 Å². The van der Waals surface area contributed by atoms with E-state index in [0.29, 0.717) is 10.6 Å². The van der Waals surface area contributed by atoms with Gasteiger partial charge in [0, 0.05) is 10.3 Å². The Morgan fingerprint density at radius 2 is 2.08 bits per heavy atom. The first-order chi connectivity index (χ1) is 11.9. The molecule has 1 unspecified atom stereocenters. The van der Waals surface area contributed by atoms with E-state index in [2.05, 4.69) is 22.2 Å². The van der Waals surface area contributed by atoms with Crippen molar-refractivity contribution in [3.05, 3.63) is 33.8 Å². The summed E-state index contributed by atoms with van der Waals surface area (Å²) in [5.41, 5.74) is 6.78. The van der Waals surface area contributed by atoms with Gasteiger partial charge < -0.3 is 11.1 Å². The summed E-state index contributed by atoms with van der Waals surface area (Å²) in [6.07, 6.45) is 1.52. The molecule has 3 N–H and O–H groups in total. The van der Waals surface area contributed by atoms with Crippen molar-refractivity contribution in [3.8, 4) is 0 Å². The minimum atomic E-state index is -0.557. The summed E-state index contributed by atoms with van der Waals surface area (Å²) in [5, 5.41) is 6.37. The number of anilines is 1. The molecule has 6 nitrogen and oxygen atoms in total. The summed E-state index contributed by atoms with van der Waals surface area (Å²) in [6.45, 7) is 5.89. The summed E-state index contributed by atoms with van der Waals surface area (Å²) in [6, 6.07) is 1.60. The van der Waals surface area contributed by atoms with Crippen LogP contribution in [0.1, 0.15) is 27.7 Å². The molecule has 1 atom stereocenters. The average Bonchev–Trinajstić information content (AvgIpc) is 3.13. The Bertz CT molecular complexity index is 964. The molecule has 9 heteroatoms. The molecule has 3 aromatic rings. The number of thioether (sulfide) groups is 1. The van der Waals surface area contributed by atoms with Crippen LogP contribution in [0.15, 0.2) is 22.8 Å². The van der Waals surface area contributed by atoms with Crippen LogP contribution in [0.25, 0.3) is 10.2 Å². The van der Waals surface area contributed by atoms with E-state index in [4.69, 9.17) is 5.73 Å². The zero-order chi connectivity index (χ0) is 18.1. The van der Waals surface area contributed by atoms with E-state index in [1.165, 1.54) is 34.3 Å². The highest BCUT2D eigenvalue weighted by atomic mass is 32.2. The van der Waals surface area contributed by atoms with Crippen molar-refractivity contribution in [1.82, 2.24) is 9.97 Å². The lowest BCUT2D eigenvalue weighted by Crippen LogP contribution is -2.23. The van der Waals surface area contributed by atoms with Crippen LogP contribution in [0.4, 0.5) is 5.00 Å². The van der Waals surface area contributed by atoms with Crippen LogP contribution in [-0.2, 0) is 4.79 Å². The molecule has 0 aliphatic carbocycles. The molecule has 0 saturated carbocycles. The van der Waals surface area contributed by atoms with Crippen LogP contribution in [0.2, 0.25) is 0 Å². The zero-order valence-corrected chi connectivity index (χ0v) is 16.3. The van der Waals surface area contributed by atoms with E-state index in [1.807, 2.05) is 6.92 Å². The first-order valence-corrected chi connectivity index (χ1v) is 10.0. The molecule has 0 radical (unpaired) electrons. The number of carbonyl (C=O) groups is 2. The van der Waals surface area contributed by atoms with Gasteiger partial charge in [0.2, 0.25) is 5.91 Å². The summed E-state index contributed by atoms with van der Waals surface area (Å²) in [5.74, 6) is -0.759. The van der Waals surface area contributed by atoms with Gasteiger partial charge in [-0.25, -0.2) is 9.97 Å². The van der Waals surface area contributed by atoms with Gasteiger partial charge in [0.25, 0.3) is 5.91 Å². The van der Waals surface area contributed by atoms with E-state index < -0.39 is 5.91 Å². The van der Waals surface area contributed by atoms with Gasteiger partial charge in [-0.2, -0.15) is 0 Å². The fourth-order valence-electron chi connectivity index (χ4n) is 2.27. The molecule has 3 heterocycles. The SMILES string of the molecule is Cc1sc2ncnc(SC(C)C(=O)Nc3sccc3C(N)=O)c2c1C. The number of aromatic nitrogens is 2. The van der Waals surface area contributed by atoms with Gasteiger partial charge in [-0.15, -0.1) is 22.7 Å². The Hall–Kier alpha value is -1.97. The maximum absolute atomic E-state index is 12.5. The van der Waals surface area contributed by atoms with Gasteiger partial charge >= 0.3 is 0 Å². The number of carbonyl (C=O) groups excluding carboxylic acids is 2. The molecule has 0 spiro atoms. The highest BCUT2D eigenvalue weighted by molar-refractivity contribution is 8.00. The van der Waals surface area contributed by atoms with Crippen molar-refractivity contribution in [2.24, 2.45) is 5.73 Å². The van der Waals surface area contributed by atoms with Crippen molar-refractivity contribution in [3.63, 3.8) is 0 Å². The van der Waals surface area contributed by atoms with Crippen molar-refractivity contribution >= 4 is 61.5 Å². The highest BCUT2D eigenvalue weighted by Crippen LogP contribution is 2.36. The number of nitrogens with zero attached hydrogens (tertiary/aromatic N) is 2.